The van der Waals surface area contributed by atoms with Gasteiger partial charge in [-0.1, -0.05) is 24.3 Å². The van der Waals surface area contributed by atoms with Crippen LogP contribution in [0.25, 0.3) is 10.8 Å². The molecule has 1 amide bonds. The van der Waals surface area contributed by atoms with Gasteiger partial charge >= 0.3 is 0 Å². The number of benzene rings is 2. The molecule has 0 aliphatic carbocycles. The van der Waals surface area contributed by atoms with Crippen molar-refractivity contribution in [1.29, 1.82) is 0 Å². The van der Waals surface area contributed by atoms with E-state index in [1.165, 1.54) is 16.3 Å². The average molecular weight is 255 g/mol. The Morgan fingerprint density at radius 1 is 1.21 bits per heavy atom. The molecule has 1 N–H and O–H groups in total. The van der Waals surface area contributed by atoms with E-state index < -0.39 is 0 Å². The van der Waals surface area contributed by atoms with Crippen molar-refractivity contribution in [2.45, 2.75) is 25.3 Å². The quantitative estimate of drug-likeness (QED) is 0.915. The highest BCUT2D eigenvalue weighted by atomic mass is 16.5. The van der Waals surface area contributed by atoms with Crippen LogP contribution in [0.15, 0.2) is 36.4 Å². The number of rotatable bonds is 3. The molecule has 0 spiro atoms. The zero-order chi connectivity index (χ0) is 13.2. The van der Waals surface area contributed by atoms with E-state index in [-0.39, 0.29) is 5.91 Å². The minimum absolute atomic E-state index is 0.176. The summed E-state index contributed by atoms with van der Waals surface area (Å²) in [4.78, 5) is 11.2. The summed E-state index contributed by atoms with van der Waals surface area (Å²) < 4.78 is 5.22. The van der Waals surface area contributed by atoms with Crippen LogP contribution < -0.4 is 10.1 Å². The molecule has 2 aromatic carbocycles. The lowest BCUT2D eigenvalue weighted by atomic mass is 10.0. The lowest BCUT2D eigenvalue weighted by molar-refractivity contribution is -0.119. The van der Waals surface area contributed by atoms with Gasteiger partial charge in [-0.15, -0.1) is 0 Å². The predicted octanol–water partition coefficient (Wildman–Crippen LogP) is 2.67. The molecule has 1 unspecified atom stereocenters. The molecular formula is C16H17NO2. The molecule has 0 aromatic heterocycles. The molecule has 1 saturated heterocycles. The first-order valence-corrected chi connectivity index (χ1v) is 6.60. The highest BCUT2D eigenvalue weighted by molar-refractivity contribution is 5.84. The van der Waals surface area contributed by atoms with Crippen LogP contribution in [0.5, 0.6) is 5.75 Å². The third kappa shape index (κ3) is 2.55. The Labute approximate surface area is 112 Å². The Bertz CT molecular complexity index is 621. The Balaban J connectivity index is 1.83. The van der Waals surface area contributed by atoms with Crippen molar-refractivity contribution in [2.75, 3.05) is 7.11 Å². The van der Waals surface area contributed by atoms with Gasteiger partial charge in [-0.05, 0) is 41.3 Å². The lowest BCUT2D eigenvalue weighted by Crippen LogP contribution is -2.27. The van der Waals surface area contributed by atoms with Gasteiger partial charge in [0.25, 0.3) is 0 Å². The zero-order valence-corrected chi connectivity index (χ0v) is 11.0. The third-order valence-corrected chi connectivity index (χ3v) is 3.68. The summed E-state index contributed by atoms with van der Waals surface area (Å²) in [6.45, 7) is 0. The van der Waals surface area contributed by atoms with E-state index in [4.69, 9.17) is 4.74 Å². The van der Waals surface area contributed by atoms with Crippen LogP contribution in [0, 0.1) is 0 Å². The molecular weight excluding hydrogens is 238 g/mol. The van der Waals surface area contributed by atoms with Gasteiger partial charge in [0.1, 0.15) is 5.75 Å². The second-order valence-corrected chi connectivity index (χ2v) is 5.05. The van der Waals surface area contributed by atoms with Crippen LogP contribution in [0.1, 0.15) is 18.4 Å². The molecule has 0 radical (unpaired) electrons. The number of methoxy groups -OCH3 is 1. The van der Waals surface area contributed by atoms with Crippen LogP contribution in [0.4, 0.5) is 0 Å². The minimum Gasteiger partial charge on any atom is -0.497 e. The van der Waals surface area contributed by atoms with E-state index in [0.717, 1.165) is 18.6 Å². The Morgan fingerprint density at radius 3 is 2.74 bits per heavy atom. The summed E-state index contributed by atoms with van der Waals surface area (Å²) in [5.74, 6) is 1.05. The third-order valence-electron chi connectivity index (χ3n) is 3.68. The van der Waals surface area contributed by atoms with Crippen molar-refractivity contribution in [3.05, 3.63) is 42.0 Å². The number of amides is 1. The van der Waals surface area contributed by atoms with Crippen LogP contribution in [0.3, 0.4) is 0 Å². The summed E-state index contributed by atoms with van der Waals surface area (Å²) in [5, 5.41) is 5.40. The summed E-state index contributed by atoms with van der Waals surface area (Å²) >= 11 is 0. The van der Waals surface area contributed by atoms with E-state index in [1.807, 2.05) is 12.1 Å². The molecule has 1 aliphatic heterocycles. The van der Waals surface area contributed by atoms with Gasteiger partial charge in [-0.2, -0.15) is 0 Å². The summed E-state index contributed by atoms with van der Waals surface area (Å²) in [5.41, 5.74) is 1.27. The van der Waals surface area contributed by atoms with Crippen molar-refractivity contribution in [2.24, 2.45) is 0 Å². The van der Waals surface area contributed by atoms with Crippen molar-refractivity contribution in [1.82, 2.24) is 5.32 Å². The normalized spacial score (nSPS) is 18.6. The van der Waals surface area contributed by atoms with E-state index in [1.54, 1.807) is 7.11 Å². The van der Waals surface area contributed by atoms with Gasteiger partial charge in [0.05, 0.1) is 7.11 Å². The van der Waals surface area contributed by atoms with Crippen molar-refractivity contribution >= 4 is 16.7 Å². The number of carbonyl (C=O) groups excluding carboxylic acids is 1. The van der Waals surface area contributed by atoms with Crippen LogP contribution in [-0.4, -0.2) is 19.1 Å². The number of carbonyl (C=O) groups is 1. The molecule has 0 bridgehead atoms. The number of hydrogen-bond acceptors (Lipinski definition) is 2. The molecule has 3 rings (SSSR count). The number of fused-ring (bicyclic) bond motifs is 1. The fourth-order valence-electron chi connectivity index (χ4n) is 2.64. The number of hydrogen-bond donors (Lipinski definition) is 1. The molecule has 98 valence electrons. The maximum absolute atomic E-state index is 11.2. The maximum Gasteiger partial charge on any atom is 0.220 e. The molecule has 2 aromatic rings. The van der Waals surface area contributed by atoms with Gasteiger partial charge < -0.3 is 10.1 Å². The fraction of sp³-hybridized carbons (Fsp3) is 0.312. The van der Waals surface area contributed by atoms with E-state index >= 15 is 0 Å². The monoisotopic (exact) mass is 255 g/mol. The van der Waals surface area contributed by atoms with Crippen LogP contribution >= 0.6 is 0 Å². The smallest absolute Gasteiger partial charge is 0.220 e. The highest BCUT2D eigenvalue weighted by Gasteiger charge is 2.20. The fourth-order valence-corrected chi connectivity index (χ4v) is 2.64. The van der Waals surface area contributed by atoms with Crippen molar-refractivity contribution < 1.29 is 9.53 Å². The highest BCUT2D eigenvalue weighted by Crippen LogP contribution is 2.23. The summed E-state index contributed by atoms with van der Waals surface area (Å²) in [7, 11) is 1.68. The molecule has 0 saturated carbocycles. The zero-order valence-electron chi connectivity index (χ0n) is 11.0. The molecule has 1 fully saturated rings. The van der Waals surface area contributed by atoms with E-state index in [9.17, 15) is 4.79 Å². The first kappa shape index (κ1) is 12.0. The molecule has 3 nitrogen and oxygen atoms in total. The molecule has 1 heterocycles. The SMILES string of the molecule is COc1ccc2cc(CC3CCC(=O)N3)ccc2c1. The van der Waals surface area contributed by atoms with E-state index in [2.05, 4.69) is 29.6 Å². The van der Waals surface area contributed by atoms with Crippen molar-refractivity contribution in [3.8, 4) is 5.75 Å². The molecule has 19 heavy (non-hydrogen) atoms. The second-order valence-electron chi connectivity index (χ2n) is 5.05. The standard InChI is InChI=1S/C16H17NO2/c1-19-15-6-4-12-8-11(2-3-13(12)10-15)9-14-5-7-16(18)17-14/h2-4,6,8,10,14H,5,7,9H2,1H3,(H,17,18). The van der Waals surface area contributed by atoms with Gasteiger partial charge in [0.15, 0.2) is 0 Å². The minimum atomic E-state index is 0.176. The van der Waals surface area contributed by atoms with Crippen LogP contribution in [0.2, 0.25) is 0 Å². The molecule has 3 heteroatoms. The number of nitrogens with one attached hydrogen (secondary N) is 1. The maximum atomic E-state index is 11.2. The van der Waals surface area contributed by atoms with Crippen LogP contribution in [-0.2, 0) is 11.2 Å². The second kappa shape index (κ2) is 4.92. The van der Waals surface area contributed by atoms with Gasteiger partial charge in [0, 0.05) is 12.5 Å². The van der Waals surface area contributed by atoms with Gasteiger partial charge in [0.2, 0.25) is 5.91 Å². The lowest BCUT2D eigenvalue weighted by Gasteiger charge is -2.11. The largest absolute Gasteiger partial charge is 0.497 e. The molecule has 1 atom stereocenters. The average Bonchev–Trinajstić information content (AvgIpc) is 2.83. The summed E-state index contributed by atoms with van der Waals surface area (Å²) in [6.07, 6.45) is 2.52. The van der Waals surface area contributed by atoms with E-state index in [0.29, 0.717) is 12.5 Å². The predicted molar refractivity (Wildman–Crippen MR) is 75.4 cm³/mol. The topological polar surface area (TPSA) is 38.3 Å². The Kier molecular flexibility index (Phi) is 3.11. The summed E-state index contributed by atoms with van der Waals surface area (Å²) in [6, 6.07) is 12.8. The number of ether oxygens (including phenoxy) is 1. The first-order chi connectivity index (χ1) is 9.24. The Hall–Kier alpha value is -2.03. The van der Waals surface area contributed by atoms with Gasteiger partial charge in [-0.25, -0.2) is 0 Å². The van der Waals surface area contributed by atoms with Gasteiger partial charge in [-0.3, -0.25) is 4.79 Å². The Morgan fingerprint density at radius 2 is 2.00 bits per heavy atom. The first-order valence-electron chi connectivity index (χ1n) is 6.60. The molecule has 1 aliphatic rings. The van der Waals surface area contributed by atoms with Crippen molar-refractivity contribution in [3.63, 3.8) is 0 Å².